The number of carbonyl (C=O) groups is 2. The first-order valence-electron chi connectivity index (χ1n) is 9.45. The first-order valence-corrected chi connectivity index (χ1v) is 10.2. The third kappa shape index (κ3) is 5.71. The Hall–Kier alpha value is -1.56. The van der Waals surface area contributed by atoms with E-state index in [1.54, 1.807) is 24.3 Å². The molecule has 5 nitrogen and oxygen atoms in total. The lowest BCUT2D eigenvalue weighted by Gasteiger charge is -2.35. The van der Waals surface area contributed by atoms with Gasteiger partial charge in [0.2, 0.25) is 11.8 Å². The van der Waals surface area contributed by atoms with E-state index in [-0.39, 0.29) is 11.8 Å². The summed E-state index contributed by atoms with van der Waals surface area (Å²) in [5.74, 6) is 0.192. The molecule has 2 heterocycles. The van der Waals surface area contributed by atoms with Crippen molar-refractivity contribution in [3.05, 3.63) is 39.9 Å². The summed E-state index contributed by atoms with van der Waals surface area (Å²) in [5, 5.41) is 0.966. The zero-order valence-electron chi connectivity index (χ0n) is 15.4. The molecule has 146 valence electrons. The fourth-order valence-electron chi connectivity index (χ4n) is 3.45. The summed E-state index contributed by atoms with van der Waals surface area (Å²) in [4.78, 5) is 30.7. The Morgan fingerprint density at radius 2 is 1.59 bits per heavy atom. The van der Waals surface area contributed by atoms with E-state index in [2.05, 4.69) is 4.90 Å². The quantitative estimate of drug-likeness (QED) is 0.717. The molecule has 2 aliphatic heterocycles. The molecule has 0 spiro atoms. The fourth-order valence-corrected chi connectivity index (χ4v) is 3.76. The van der Waals surface area contributed by atoms with Crippen LogP contribution in [0.1, 0.15) is 24.8 Å². The zero-order chi connectivity index (χ0) is 19.2. The number of likely N-dealkylation sites (tertiary alicyclic amines) is 1. The zero-order valence-corrected chi connectivity index (χ0v) is 16.9. The Morgan fingerprint density at radius 1 is 0.889 bits per heavy atom. The standard InChI is InChI=1S/C20H25Cl2N3O2/c21-17-6-4-16(14-18(17)22)5-7-19(26)25-12-10-23(11-13-25)15-20(27)24-8-2-1-3-9-24/h4-7,14H,1-3,8-13,15H2/b7-5+. The van der Waals surface area contributed by atoms with Crippen LogP contribution in [0.15, 0.2) is 24.3 Å². The number of piperidine rings is 1. The fraction of sp³-hybridized carbons (Fsp3) is 0.500. The Kier molecular flexibility index (Phi) is 7.16. The molecule has 0 unspecified atom stereocenters. The molecule has 3 rings (SSSR count). The van der Waals surface area contributed by atoms with Gasteiger partial charge in [-0.05, 0) is 43.0 Å². The van der Waals surface area contributed by atoms with Gasteiger partial charge in [-0.2, -0.15) is 0 Å². The van der Waals surface area contributed by atoms with Gasteiger partial charge in [-0.1, -0.05) is 29.3 Å². The summed E-state index contributed by atoms with van der Waals surface area (Å²) in [6, 6.07) is 5.27. The van der Waals surface area contributed by atoms with Crippen molar-refractivity contribution in [3.63, 3.8) is 0 Å². The Labute approximate surface area is 170 Å². The number of hydrogen-bond acceptors (Lipinski definition) is 3. The van der Waals surface area contributed by atoms with Gasteiger partial charge < -0.3 is 9.80 Å². The summed E-state index contributed by atoms with van der Waals surface area (Å²) in [7, 11) is 0. The van der Waals surface area contributed by atoms with Crippen molar-refractivity contribution < 1.29 is 9.59 Å². The van der Waals surface area contributed by atoms with Gasteiger partial charge in [-0.15, -0.1) is 0 Å². The average Bonchev–Trinajstić information content (AvgIpc) is 2.70. The van der Waals surface area contributed by atoms with E-state index < -0.39 is 0 Å². The summed E-state index contributed by atoms with van der Waals surface area (Å²) in [6.07, 6.45) is 6.75. The van der Waals surface area contributed by atoms with Crippen molar-refractivity contribution >= 4 is 41.1 Å². The number of piperazine rings is 1. The van der Waals surface area contributed by atoms with Crippen molar-refractivity contribution in [1.29, 1.82) is 0 Å². The minimum absolute atomic E-state index is 0.0249. The predicted octanol–water partition coefficient (Wildman–Crippen LogP) is 3.16. The highest BCUT2D eigenvalue weighted by Crippen LogP contribution is 2.23. The monoisotopic (exact) mass is 409 g/mol. The summed E-state index contributed by atoms with van der Waals surface area (Å²) < 4.78 is 0. The number of benzene rings is 1. The van der Waals surface area contributed by atoms with Crippen molar-refractivity contribution in [2.45, 2.75) is 19.3 Å². The molecule has 27 heavy (non-hydrogen) atoms. The maximum absolute atomic E-state index is 12.4. The van der Waals surface area contributed by atoms with Crippen molar-refractivity contribution in [2.24, 2.45) is 0 Å². The van der Waals surface area contributed by atoms with Crippen LogP contribution in [0.2, 0.25) is 10.0 Å². The molecule has 2 aliphatic rings. The van der Waals surface area contributed by atoms with Gasteiger partial charge in [-0.25, -0.2) is 0 Å². The molecule has 7 heteroatoms. The highest BCUT2D eigenvalue weighted by molar-refractivity contribution is 6.42. The van der Waals surface area contributed by atoms with Crippen LogP contribution in [0.25, 0.3) is 6.08 Å². The predicted molar refractivity (Wildman–Crippen MR) is 109 cm³/mol. The number of amides is 2. The number of carbonyl (C=O) groups excluding carboxylic acids is 2. The molecule has 1 aromatic carbocycles. The molecular weight excluding hydrogens is 385 g/mol. The van der Waals surface area contributed by atoms with E-state index >= 15 is 0 Å². The van der Waals surface area contributed by atoms with Crippen LogP contribution in [-0.4, -0.2) is 72.3 Å². The molecule has 0 N–H and O–H groups in total. The molecule has 2 saturated heterocycles. The molecule has 0 aliphatic carbocycles. The molecule has 1 aromatic rings. The van der Waals surface area contributed by atoms with E-state index in [9.17, 15) is 9.59 Å². The summed E-state index contributed by atoms with van der Waals surface area (Å²) in [6.45, 7) is 4.96. The molecule has 0 aromatic heterocycles. The van der Waals surface area contributed by atoms with E-state index in [4.69, 9.17) is 23.2 Å². The molecule has 2 amide bonds. The van der Waals surface area contributed by atoms with Gasteiger partial charge in [0.15, 0.2) is 0 Å². The molecule has 0 saturated carbocycles. The van der Waals surface area contributed by atoms with Crippen LogP contribution in [0.5, 0.6) is 0 Å². The van der Waals surface area contributed by atoms with Crippen LogP contribution in [0.3, 0.4) is 0 Å². The van der Waals surface area contributed by atoms with Crippen molar-refractivity contribution in [1.82, 2.24) is 14.7 Å². The number of hydrogen-bond donors (Lipinski definition) is 0. The third-order valence-corrected chi connectivity index (χ3v) is 5.85. The lowest BCUT2D eigenvalue weighted by molar-refractivity contribution is -0.134. The smallest absolute Gasteiger partial charge is 0.246 e. The van der Waals surface area contributed by atoms with E-state index in [0.29, 0.717) is 29.7 Å². The topological polar surface area (TPSA) is 43.9 Å². The highest BCUT2D eigenvalue weighted by Gasteiger charge is 2.24. The van der Waals surface area contributed by atoms with Crippen LogP contribution in [0.4, 0.5) is 0 Å². The first kappa shape index (κ1) is 20.2. The molecule has 0 bridgehead atoms. The largest absolute Gasteiger partial charge is 0.342 e. The minimum Gasteiger partial charge on any atom is -0.342 e. The third-order valence-electron chi connectivity index (χ3n) is 5.11. The number of rotatable bonds is 4. The van der Waals surface area contributed by atoms with Crippen LogP contribution in [0, 0.1) is 0 Å². The molecular formula is C20H25Cl2N3O2. The van der Waals surface area contributed by atoms with Crippen LogP contribution >= 0.6 is 23.2 Å². The van der Waals surface area contributed by atoms with E-state index in [1.165, 1.54) is 6.42 Å². The normalized spacial score (nSPS) is 18.9. The summed E-state index contributed by atoms with van der Waals surface area (Å²) in [5.41, 5.74) is 0.837. The second kappa shape index (κ2) is 9.58. The lowest BCUT2D eigenvalue weighted by atomic mass is 10.1. The highest BCUT2D eigenvalue weighted by atomic mass is 35.5. The number of halogens is 2. The van der Waals surface area contributed by atoms with Gasteiger partial charge in [0, 0.05) is 45.3 Å². The Balaban J connectivity index is 1.45. The SMILES string of the molecule is O=C(/C=C/c1ccc(Cl)c(Cl)c1)N1CCN(CC(=O)N2CCCCC2)CC1. The van der Waals surface area contributed by atoms with E-state index in [0.717, 1.165) is 44.6 Å². The molecule has 0 radical (unpaired) electrons. The van der Waals surface area contributed by atoms with Crippen LogP contribution < -0.4 is 0 Å². The molecule has 2 fully saturated rings. The average molecular weight is 410 g/mol. The molecule has 0 atom stereocenters. The van der Waals surface area contributed by atoms with Gasteiger partial charge in [-0.3, -0.25) is 14.5 Å². The van der Waals surface area contributed by atoms with Crippen LogP contribution in [-0.2, 0) is 9.59 Å². The Morgan fingerprint density at radius 3 is 2.26 bits per heavy atom. The second-order valence-electron chi connectivity index (χ2n) is 7.05. The lowest BCUT2D eigenvalue weighted by Crippen LogP contribution is -2.51. The maximum atomic E-state index is 12.4. The first-order chi connectivity index (χ1) is 13.0. The van der Waals surface area contributed by atoms with Crippen molar-refractivity contribution in [3.8, 4) is 0 Å². The van der Waals surface area contributed by atoms with Crippen molar-refractivity contribution in [2.75, 3.05) is 45.8 Å². The van der Waals surface area contributed by atoms with Gasteiger partial charge in [0.25, 0.3) is 0 Å². The minimum atomic E-state index is -0.0249. The van der Waals surface area contributed by atoms with Gasteiger partial charge >= 0.3 is 0 Å². The second-order valence-corrected chi connectivity index (χ2v) is 7.86. The van der Waals surface area contributed by atoms with Gasteiger partial charge in [0.05, 0.1) is 16.6 Å². The van der Waals surface area contributed by atoms with Gasteiger partial charge in [0.1, 0.15) is 0 Å². The number of nitrogens with zero attached hydrogens (tertiary/aromatic N) is 3. The Bertz CT molecular complexity index is 709. The van der Waals surface area contributed by atoms with E-state index in [1.807, 2.05) is 15.9 Å². The maximum Gasteiger partial charge on any atom is 0.246 e. The summed E-state index contributed by atoms with van der Waals surface area (Å²) >= 11 is 11.9.